The van der Waals surface area contributed by atoms with Crippen molar-refractivity contribution in [2.45, 2.75) is 64.6 Å². The topological polar surface area (TPSA) is 88.8 Å². The highest BCUT2D eigenvalue weighted by atomic mass is 127. The van der Waals surface area contributed by atoms with Crippen LogP contribution in [0.15, 0.2) is 4.99 Å². The van der Waals surface area contributed by atoms with E-state index in [2.05, 4.69) is 32.7 Å². The molecule has 0 spiro atoms. The molecule has 0 radical (unpaired) electrons. The molecule has 178 valence electrons. The first-order valence-corrected chi connectivity index (χ1v) is 11.5. The van der Waals surface area contributed by atoms with E-state index < -0.39 is 0 Å². The van der Waals surface area contributed by atoms with Gasteiger partial charge in [0.2, 0.25) is 0 Å². The Balaban J connectivity index is 0.00000341. The van der Waals surface area contributed by atoms with Crippen molar-refractivity contribution in [3.63, 3.8) is 0 Å². The zero-order valence-corrected chi connectivity index (χ0v) is 21.6. The molecule has 2 aliphatic rings. The summed E-state index contributed by atoms with van der Waals surface area (Å²) in [6.07, 6.45) is 6.02. The van der Waals surface area contributed by atoms with Crippen molar-refractivity contribution in [1.82, 2.24) is 30.3 Å². The van der Waals surface area contributed by atoms with E-state index in [0.29, 0.717) is 25.3 Å². The van der Waals surface area contributed by atoms with Crippen molar-refractivity contribution >= 4 is 29.9 Å². The van der Waals surface area contributed by atoms with E-state index in [-0.39, 0.29) is 24.0 Å². The molecule has 31 heavy (non-hydrogen) atoms. The zero-order valence-electron chi connectivity index (χ0n) is 19.3. The summed E-state index contributed by atoms with van der Waals surface area (Å²) in [7, 11) is 1.98. The van der Waals surface area contributed by atoms with E-state index in [1.807, 2.05) is 18.5 Å². The molecule has 2 unspecified atom stereocenters. The molecule has 2 aliphatic heterocycles. The van der Waals surface area contributed by atoms with Crippen LogP contribution in [-0.4, -0.2) is 83.8 Å². The van der Waals surface area contributed by atoms with Gasteiger partial charge >= 0.3 is 0 Å². The number of aromatic nitrogens is 3. The summed E-state index contributed by atoms with van der Waals surface area (Å²) in [6, 6.07) is 0.578. The number of aliphatic imine (C=N–C) groups is 1. The lowest BCUT2D eigenvalue weighted by Crippen LogP contribution is -2.45. The SMILES string of the molecule is CCN1CCCC1CNC(=NCc1nnc(C)n1C)NCCCOCC1CCCO1.I. The van der Waals surface area contributed by atoms with E-state index in [4.69, 9.17) is 14.5 Å². The van der Waals surface area contributed by atoms with Crippen LogP contribution in [0, 0.1) is 6.92 Å². The first kappa shape index (κ1) is 26.3. The summed E-state index contributed by atoms with van der Waals surface area (Å²) in [6.45, 7) is 11.0. The first-order valence-electron chi connectivity index (χ1n) is 11.5. The second-order valence-electron chi connectivity index (χ2n) is 8.18. The van der Waals surface area contributed by atoms with Gasteiger partial charge in [-0.15, -0.1) is 34.2 Å². The van der Waals surface area contributed by atoms with Crippen LogP contribution in [0.1, 0.15) is 50.7 Å². The third-order valence-corrected chi connectivity index (χ3v) is 6.06. The van der Waals surface area contributed by atoms with Gasteiger partial charge in [0.15, 0.2) is 11.8 Å². The molecule has 9 nitrogen and oxygen atoms in total. The Hall–Kier alpha value is -0.980. The van der Waals surface area contributed by atoms with E-state index >= 15 is 0 Å². The van der Waals surface area contributed by atoms with E-state index in [1.54, 1.807) is 0 Å². The number of likely N-dealkylation sites (N-methyl/N-ethyl adjacent to an activating group) is 1. The molecule has 0 saturated carbocycles. The average Bonchev–Trinajstić information content (AvgIpc) is 3.49. The standard InChI is InChI=1S/C21H39N7O2.HI/c1-4-28-11-5-8-18(28)14-23-21(24-15-20-26-25-17(2)27(20)3)22-10-7-12-29-16-19-9-6-13-30-19;/h18-19H,4-16H2,1-3H3,(H2,22,23,24);1H. The van der Waals surface area contributed by atoms with Crippen LogP contribution in [0.2, 0.25) is 0 Å². The van der Waals surface area contributed by atoms with Gasteiger partial charge in [-0.05, 0) is 52.1 Å². The van der Waals surface area contributed by atoms with Gasteiger partial charge in [-0.1, -0.05) is 6.92 Å². The van der Waals surface area contributed by atoms with E-state index in [0.717, 1.165) is 69.7 Å². The quantitative estimate of drug-likeness (QED) is 0.189. The van der Waals surface area contributed by atoms with Gasteiger partial charge in [-0.2, -0.15) is 0 Å². The van der Waals surface area contributed by atoms with Crippen molar-refractivity contribution in [2.75, 3.05) is 46.0 Å². The molecule has 2 atom stereocenters. The van der Waals surface area contributed by atoms with Gasteiger partial charge in [0.25, 0.3) is 0 Å². The number of aryl methyl sites for hydroxylation is 1. The van der Waals surface area contributed by atoms with Crippen LogP contribution in [0.3, 0.4) is 0 Å². The molecule has 1 aromatic heterocycles. The summed E-state index contributed by atoms with van der Waals surface area (Å²) in [5, 5.41) is 15.3. The van der Waals surface area contributed by atoms with Gasteiger partial charge in [0.05, 0.1) is 12.7 Å². The summed E-state index contributed by atoms with van der Waals surface area (Å²) in [5.74, 6) is 2.60. The Morgan fingerprint density at radius 2 is 2.13 bits per heavy atom. The van der Waals surface area contributed by atoms with Crippen molar-refractivity contribution in [3.8, 4) is 0 Å². The highest BCUT2D eigenvalue weighted by molar-refractivity contribution is 14.0. The molecule has 1 aromatic rings. The van der Waals surface area contributed by atoms with Gasteiger partial charge in [-0.25, -0.2) is 4.99 Å². The summed E-state index contributed by atoms with van der Waals surface area (Å²) < 4.78 is 13.3. The number of ether oxygens (including phenoxy) is 2. The summed E-state index contributed by atoms with van der Waals surface area (Å²) in [5.41, 5.74) is 0. The molecule has 2 saturated heterocycles. The minimum Gasteiger partial charge on any atom is -0.379 e. The van der Waals surface area contributed by atoms with Gasteiger partial charge in [-0.3, -0.25) is 4.90 Å². The highest BCUT2D eigenvalue weighted by Gasteiger charge is 2.22. The molecule has 2 N–H and O–H groups in total. The number of rotatable bonds is 11. The van der Waals surface area contributed by atoms with Crippen LogP contribution in [0.25, 0.3) is 0 Å². The number of nitrogens with zero attached hydrogens (tertiary/aromatic N) is 5. The molecule has 0 amide bonds. The van der Waals surface area contributed by atoms with Crippen molar-refractivity contribution in [3.05, 3.63) is 11.6 Å². The maximum Gasteiger partial charge on any atom is 0.191 e. The fourth-order valence-corrected chi connectivity index (χ4v) is 4.04. The molecule has 0 aromatic carbocycles. The third kappa shape index (κ3) is 8.47. The molecular formula is C21H40IN7O2. The van der Waals surface area contributed by atoms with Crippen LogP contribution in [0.5, 0.6) is 0 Å². The Bertz CT molecular complexity index is 664. The molecule has 0 aliphatic carbocycles. The van der Waals surface area contributed by atoms with Gasteiger partial charge < -0.3 is 24.7 Å². The predicted molar refractivity (Wildman–Crippen MR) is 133 cm³/mol. The van der Waals surface area contributed by atoms with Crippen molar-refractivity contribution in [2.24, 2.45) is 12.0 Å². The van der Waals surface area contributed by atoms with Crippen molar-refractivity contribution in [1.29, 1.82) is 0 Å². The lowest BCUT2D eigenvalue weighted by Gasteiger charge is -2.24. The summed E-state index contributed by atoms with van der Waals surface area (Å²) in [4.78, 5) is 7.29. The predicted octanol–water partition coefficient (Wildman–Crippen LogP) is 1.85. The minimum absolute atomic E-state index is 0. The van der Waals surface area contributed by atoms with Crippen LogP contribution < -0.4 is 10.6 Å². The molecule has 0 bridgehead atoms. The largest absolute Gasteiger partial charge is 0.379 e. The number of hydrogen-bond donors (Lipinski definition) is 2. The number of likely N-dealkylation sites (tertiary alicyclic amines) is 1. The normalized spacial score (nSPS) is 22.0. The minimum atomic E-state index is 0. The van der Waals surface area contributed by atoms with Gasteiger partial charge in [0, 0.05) is 39.4 Å². The molecule has 3 rings (SSSR count). The first-order chi connectivity index (χ1) is 14.7. The van der Waals surface area contributed by atoms with E-state index in [9.17, 15) is 0 Å². The smallest absolute Gasteiger partial charge is 0.191 e. The third-order valence-electron chi connectivity index (χ3n) is 6.06. The Kier molecular flexibility index (Phi) is 12.1. The fraction of sp³-hybridized carbons (Fsp3) is 0.857. The highest BCUT2D eigenvalue weighted by Crippen LogP contribution is 2.15. The fourth-order valence-electron chi connectivity index (χ4n) is 4.04. The maximum absolute atomic E-state index is 5.76. The Morgan fingerprint density at radius 1 is 1.26 bits per heavy atom. The molecule has 3 heterocycles. The maximum atomic E-state index is 5.76. The lowest BCUT2D eigenvalue weighted by molar-refractivity contribution is 0.0168. The number of nitrogens with one attached hydrogen (secondary N) is 2. The van der Waals surface area contributed by atoms with Crippen molar-refractivity contribution < 1.29 is 9.47 Å². The Morgan fingerprint density at radius 3 is 2.84 bits per heavy atom. The zero-order chi connectivity index (χ0) is 21.2. The number of guanidine groups is 1. The second-order valence-corrected chi connectivity index (χ2v) is 8.18. The lowest BCUT2D eigenvalue weighted by atomic mass is 10.2. The van der Waals surface area contributed by atoms with Gasteiger partial charge in [0.1, 0.15) is 12.4 Å². The molecular weight excluding hydrogens is 509 g/mol. The summed E-state index contributed by atoms with van der Waals surface area (Å²) >= 11 is 0. The molecule has 2 fully saturated rings. The molecule has 10 heteroatoms. The van der Waals surface area contributed by atoms with Crippen LogP contribution in [0.4, 0.5) is 0 Å². The van der Waals surface area contributed by atoms with E-state index in [1.165, 1.54) is 19.4 Å². The second kappa shape index (κ2) is 14.2. The van der Waals surface area contributed by atoms with Crippen LogP contribution >= 0.6 is 24.0 Å². The Labute approximate surface area is 203 Å². The monoisotopic (exact) mass is 549 g/mol. The van der Waals surface area contributed by atoms with Crippen LogP contribution in [-0.2, 0) is 23.1 Å². The number of hydrogen-bond acceptors (Lipinski definition) is 6. The number of halogens is 1. The average molecular weight is 550 g/mol.